The Bertz CT molecular complexity index is 1060. The lowest BCUT2D eigenvalue weighted by Gasteiger charge is -2.62. The first-order valence-corrected chi connectivity index (χ1v) is 14.8. The Morgan fingerprint density at radius 2 is 1.86 bits per heavy atom. The van der Waals surface area contributed by atoms with Crippen LogP contribution in [0.15, 0.2) is 47.1 Å². The maximum Gasteiger partial charge on any atom is 0.0588 e. The Hall–Kier alpha value is -1.12. The van der Waals surface area contributed by atoms with Gasteiger partial charge >= 0.3 is 0 Å². The third-order valence-corrected chi connectivity index (χ3v) is 13.1. The minimum absolute atomic E-state index is 0.0256. The van der Waals surface area contributed by atoms with E-state index in [1.165, 1.54) is 68.9 Å². The van der Waals surface area contributed by atoms with Crippen molar-refractivity contribution in [1.29, 1.82) is 0 Å². The van der Waals surface area contributed by atoms with Gasteiger partial charge in [0.05, 0.1) is 11.6 Å². The zero-order chi connectivity index (χ0) is 24.4. The van der Waals surface area contributed by atoms with Crippen molar-refractivity contribution in [2.24, 2.45) is 40.4 Å². The van der Waals surface area contributed by atoms with Crippen LogP contribution < -0.4 is 5.32 Å². The second-order valence-electron chi connectivity index (χ2n) is 14.7. The van der Waals surface area contributed by atoms with E-state index < -0.39 is 0 Å². The number of aliphatic hydroxyl groups excluding tert-OH is 1. The molecule has 2 heterocycles. The lowest BCUT2D eigenvalue weighted by atomic mass is 9.52. The molecule has 0 unspecified atom stereocenters. The van der Waals surface area contributed by atoms with Gasteiger partial charge in [-0.15, -0.1) is 0 Å². The molecule has 2 nitrogen and oxygen atoms in total. The third kappa shape index (κ3) is 2.85. The molecule has 190 valence electrons. The van der Waals surface area contributed by atoms with Gasteiger partial charge in [-0.05, 0) is 132 Å². The van der Waals surface area contributed by atoms with E-state index in [0.29, 0.717) is 17.3 Å². The summed E-state index contributed by atoms with van der Waals surface area (Å²) in [5.74, 6) is 3.74. The van der Waals surface area contributed by atoms with Crippen molar-refractivity contribution < 1.29 is 5.11 Å². The Kier molecular flexibility index (Phi) is 4.77. The minimum Gasteiger partial charge on any atom is -0.393 e. The predicted molar refractivity (Wildman–Crippen MR) is 144 cm³/mol. The fourth-order valence-corrected chi connectivity index (χ4v) is 11.3. The highest BCUT2D eigenvalue weighted by Gasteiger charge is 2.72. The molecule has 0 amide bonds. The van der Waals surface area contributed by atoms with Gasteiger partial charge in [-0.2, -0.15) is 0 Å². The van der Waals surface area contributed by atoms with Crippen molar-refractivity contribution in [3.63, 3.8) is 0 Å². The van der Waals surface area contributed by atoms with Gasteiger partial charge < -0.3 is 5.11 Å². The molecule has 1 spiro atoms. The molecule has 4 saturated carbocycles. The fraction of sp³-hybridized carbons (Fsp3) is 0.758. The summed E-state index contributed by atoms with van der Waals surface area (Å²) in [5.41, 5.74) is 7.02. The Morgan fingerprint density at radius 1 is 1.03 bits per heavy atom. The minimum atomic E-state index is -0.0859. The van der Waals surface area contributed by atoms with E-state index in [0.717, 1.165) is 30.6 Å². The summed E-state index contributed by atoms with van der Waals surface area (Å²) in [6.07, 6.45) is 21.6. The van der Waals surface area contributed by atoms with Crippen LogP contribution in [-0.2, 0) is 0 Å². The first kappa shape index (κ1) is 23.0. The van der Waals surface area contributed by atoms with Crippen LogP contribution in [0.25, 0.3) is 0 Å². The quantitative estimate of drug-likeness (QED) is 0.413. The summed E-state index contributed by atoms with van der Waals surface area (Å²) in [4.78, 5) is 0. The van der Waals surface area contributed by atoms with Crippen LogP contribution in [0.5, 0.6) is 0 Å². The number of allylic oxidation sites excluding steroid dienone is 4. The average Bonchev–Trinajstić information content (AvgIpc) is 3.27. The molecule has 7 aliphatic rings. The second-order valence-corrected chi connectivity index (χ2v) is 14.7. The monoisotopic (exact) mass is 473 g/mol. The summed E-state index contributed by atoms with van der Waals surface area (Å²) in [6, 6.07) is 0. The van der Waals surface area contributed by atoms with Crippen LogP contribution in [-0.4, -0.2) is 22.3 Å². The summed E-state index contributed by atoms with van der Waals surface area (Å²) in [6.45, 7) is 14.1. The lowest BCUT2D eigenvalue weighted by molar-refractivity contribution is -0.0242. The number of fused-ring (bicyclic) bond motifs is 3. The Balaban J connectivity index is 1.29. The lowest BCUT2D eigenvalue weighted by Crippen LogP contribution is -2.71. The zero-order valence-corrected chi connectivity index (χ0v) is 22.6. The molecule has 2 bridgehead atoms. The first-order chi connectivity index (χ1) is 16.6. The number of hydrogen-bond donors (Lipinski definition) is 2. The van der Waals surface area contributed by atoms with Crippen LogP contribution in [0, 0.1) is 40.4 Å². The fourth-order valence-electron chi connectivity index (χ4n) is 11.3. The van der Waals surface area contributed by atoms with E-state index in [1.54, 1.807) is 11.1 Å². The molecule has 5 fully saturated rings. The van der Waals surface area contributed by atoms with Gasteiger partial charge in [0.25, 0.3) is 0 Å². The highest BCUT2D eigenvalue weighted by molar-refractivity contribution is 5.49. The van der Waals surface area contributed by atoms with E-state index in [2.05, 4.69) is 57.8 Å². The predicted octanol–water partition coefficient (Wildman–Crippen LogP) is 7.27. The van der Waals surface area contributed by atoms with E-state index in [4.69, 9.17) is 0 Å². The molecule has 10 atom stereocenters. The first-order valence-electron chi connectivity index (χ1n) is 14.8. The van der Waals surface area contributed by atoms with Crippen LogP contribution in [0.4, 0.5) is 0 Å². The normalized spacial score (nSPS) is 54.1. The maximum atomic E-state index is 10.7. The van der Waals surface area contributed by atoms with Gasteiger partial charge in [0.2, 0.25) is 0 Å². The molecule has 1 saturated heterocycles. The highest BCUT2D eigenvalue weighted by atomic mass is 16.3. The van der Waals surface area contributed by atoms with Gasteiger partial charge in [-0.3, -0.25) is 5.32 Å². The molecule has 35 heavy (non-hydrogen) atoms. The van der Waals surface area contributed by atoms with Crippen LogP contribution in [0.2, 0.25) is 0 Å². The van der Waals surface area contributed by atoms with Crippen molar-refractivity contribution in [3.05, 3.63) is 47.1 Å². The van der Waals surface area contributed by atoms with Gasteiger partial charge in [0.15, 0.2) is 0 Å². The smallest absolute Gasteiger partial charge is 0.0588 e. The number of rotatable bonds is 2. The Labute approximate surface area is 213 Å². The van der Waals surface area contributed by atoms with Crippen LogP contribution in [0.3, 0.4) is 0 Å². The van der Waals surface area contributed by atoms with E-state index in [9.17, 15) is 5.11 Å². The van der Waals surface area contributed by atoms with Crippen molar-refractivity contribution >= 4 is 0 Å². The topological polar surface area (TPSA) is 32.3 Å². The third-order valence-electron chi connectivity index (χ3n) is 13.1. The molecule has 2 N–H and O–H groups in total. The van der Waals surface area contributed by atoms with Crippen molar-refractivity contribution in [2.75, 3.05) is 0 Å². The number of aliphatic hydroxyl groups is 1. The number of hydrogen-bond acceptors (Lipinski definition) is 2. The summed E-state index contributed by atoms with van der Waals surface area (Å²) < 4.78 is 0. The standard InChI is InChI=1S/C33H47NO/c1-20(2)22-8-10-30(4)19-26(14-21(3)28(30)16-22)32-11-9-24-17-25-15-23-6-7-27(35)18-29(23)33(25,13-12-32)31(24,5)34-32/h12-14,22-25,27,29,34-35H,1,6-11,15-19H2,2-5H3/t22-,23-,24-,25+,27-,29+,30+,31-,32+,33-/m1/s1. The average molecular weight is 474 g/mol. The molecule has 2 heteroatoms. The van der Waals surface area contributed by atoms with Gasteiger partial charge in [-0.1, -0.05) is 48.5 Å². The van der Waals surface area contributed by atoms with E-state index in [-0.39, 0.29) is 22.6 Å². The molecule has 5 aliphatic carbocycles. The highest BCUT2D eigenvalue weighted by Crippen LogP contribution is 2.73. The second kappa shape index (κ2) is 7.25. The van der Waals surface area contributed by atoms with Crippen LogP contribution in [0.1, 0.15) is 98.3 Å². The van der Waals surface area contributed by atoms with Crippen molar-refractivity contribution in [2.45, 2.75) is 116 Å². The van der Waals surface area contributed by atoms with E-state index in [1.807, 2.05) is 0 Å². The molecular weight excluding hydrogens is 426 g/mol. The maximum absolute atomic E-state index is 10.7. The molecule has 2 aliphatic heterocycles. The van der Waals surface area contributed by atoms with E-state index >= 15 is 0 Å². The van der Waals surface area contributed by atoms with Gasteiger partial charge in [-0.25, -0.2) is 0 Å². The Morgan fingerprint density at radius 3 is 2.66 bits per heavy atom. The molecule has 0 aromatic heterocycles. The summed E-state index contributed by atoms with van der Waals surface area (Å²) in [7, 11) is 0. The van der Waals surface area contributed by atoms with Crippen LogP contribution >= 0.6 is 0 Å². The summed E-state index contributed by atoms with van der Waals surface area (Å²) in [5, 5.41) is 15.2. The van der Waals surface area contributed by atoms with Crippen molar-refractivity contribution in [3.8, 4) is 0 Å². The van der Waals surface area contributed by atoms with Crippen molar-refractivity contribution in [1.82, 2.24) is 5.32 Å². The number of piperidine rings is 1. The summed E-state index contributed by atoms with van der Waals surface area (Å²) >= 11 is 0. The largest absolute Gasteiger partial charge is 0.393 e. The molecular formula is C33H47NO. The van der Waals surface area contributed by atoms with Gasteiger partial charge in [0, 0.05) is 11.0 Å². The molecule has 7 rings (SSSR count). The molecule has 0 radical (unpaired) electrons. The molecule has 0 aromatic rings. The zero-order valence-electron chi connectivity index (χ0n) is 22.6. The molecule has 0 aromatic carbocycles. The number of nitrogens with one attached hydrogen (secondary N) is 1. The van der Waals surface area contributed by atoms with Gasteiger partial charge in [0.1, 0.15) is 0 Å². The SMILES string of the molecule is C=C(C)[C@@H]1CC[C@@]2(C)CC([C@@]34C=C[C@@]56[C@@H](C[C@H]7CC[C@@H](O)C[C@@H]75)C[C@@H](CC3)[C@@]6(C)N4)=CC(C)=C2C1.